The molecule has 6 nitrogen and oxygen atoms in total. The fourth-order valence-electron chi connectivity index (χ4n) is 8.22. The summed E-state index contributed by atoms with van der Waals surface area (Å²) in [6, 6.07) is 4.81. The van der Waals surface area contributed by atoms with Crippen molar-refractivity contribution < 1.29 is 0 Å². The highest BCUT2D eigenvalue weighted by Gasteiger charge is 2.40. The van der Waals surface area contributed by atoms with Gasteiger partial charge in [0, 0.05) is 13.1 Å². The molecule has 4 aliphatic rings. The molecule has 36 heavy (non-hydrogen) atoms. The van der Waals surface area contributed by atoms with E-state index in [-0.39, 0.29) is 0 Å². The Labute approximate surface area is 221 Å². The lowest BCUT2D eigenvalue weighted by atomic mass is 9.63. The van der Waals surface area contributed by atoms with E-state index < -0.39 is 0 Å². The second kappa shape index (κ2) is 14.1. The molecule has 202 valence electrons. The number of piperidine rings is 4. The van der Waals surface area contributed by atoms with Crippen LogP contribution in [-0.4, -0.2) is 99.1 Å². The molecule has 0 aromatic carbocycles. The summed E-state index contributed by atoms with van der Waals surface area (Å²) in [6.45, 7) is 10.7. The van der Waals surface area contributed by atoms with Crippen molar-refractivity contribution in [2.45, 2.75) is 64.2 Å². The van der Waals surface area contributed by atoms with E-state index in [0.717, 1.165) is 61.7 Å². The maximum Gasteiger partial charge on any atom is 0.0866 e. The Kier molecular flexibility index (Phi) is 10.9. The van der Waals surface area contributed by atoms with E-state index >= 15 is 0 Å². The molecular formula is C30H52N6. The maximum absolute atomic E-state index is 9.42. The number of hydrogen-bond donors (Lipinski definition) is 0. The van der Waals surface area contributed by atoms with Gasteiger partial charge in [0.05, 0.1) is 25.2 Å². The first kappa shape index (κ1) is 27.8. The molecule has 0 bridgehead atoms. The normalized spacial score (nSPS) is 30.4. The molecule has 0 aromatic heterocycles. The number of likely N-dealkylation sites (tertiary alicyclic amines) is 4. The van der Waals surface area contributed by atoms with Crippen molar-refractivity contribution in [3.63, 3.8) is 0 Å². The molecule has 0 spiro atoms. The smallest absolute Gasteiger partial charge is 0.0866 e. The second-order valence-corrected chi connectivity index (χ2v) is 12.9. The standard InChI is InChI=1S/C30H52N6/c1-33-15-7-25(8-16-33)21-29(27-5-3-13-34(2)23-27)30(28-6-4-14-36(24-28)20-12-32)22-26-9-17-35(18-10-26)19-11-31/h25-30H,3-10,13-24H2,1-2H3. The summed E-state index contributed by atoms with van der Waals surface area (Å²) >= 11 is 0. The predicted molar refractivity (Wildman–Crippen MR) is 146 cm³/mol. The average molecular weight is 497 g/mol. The number of nitrogens with zero attached hydrogens (tertiary/aromatic N) is 6. The minimum atomic E-state index is 0.592. The van der Waals surface area contributed by atoms with Gasteiger partial charge in [-0.05, 0) is 153 Å². The fraction of sp³-hybridized carbons (Fsp3) is 0.933. The molecule has 0 saturated carbocycles. The van der Waals surface area contributed by atoms with E-state index in [1.54, 1.807) is 0 Å². The monoisotopic (exact) mass is 496 g/mol. The third-order valence-corrected chi connectivity index (χ3v) is 10.3. The van der Waals surface area contributed by atoms with Crippen LogP contribution in [0.5, 0.6) is 0 Å². The zero-order chi connectivity index (χ0) is 25.3. The zero-order valence-corrected chi connectivity index (χ0v) is 23.3. The Hall–Kier alpha value is -1.18. The second-order valence-electron chi connectivity index (χ2n) is 12.9. The lowest BCUT2D eigenvalue weighted by Gasteiger charge is -2.47. The summed E-state index contributed by atoms with van der Waals surface area (Å²) in [5.74, 6) is 4.88. The van der Waals surface area contributed by atoms with E-state index in [2.05, 4.69) is 45.8 Å². The van der Waals surface area contributed by atoms with Crippen LogP contribution in [0.3, 0.4) is 0 Å². The average Bonchev–Trinajstić information content (AvgIpc) is 2.89. The van der Waals surface area contributed by atoms with Gasteiger partial charge >= 0.3 is 0 Å². The topological polar surface area (TPSA) is 60.5 Å². The summed E-state index contributed by atoms with van der Waals surface area (Å²) < 4.78 is 0. The highest BCUT2D eigenvalue weighted by molar-refractivity contribution is 4.93. The van der Waals surface area contributed by atoms with E-state index in [0.29, 0.717) is 13.1 Å². The molecule has 0 aromatic rings. The van der Waals surface area contributed by atoms with Crippen LogP contribution in [0.1, 0.15) is 64.2 Å². The van der Waals surface area contributed by atoms with E-state index in [1.165, 1.54) is 90.4 Å². The number of rotatable bonds is 9. The molecule has 4 aliphatic heterocycles. The SMILES string of the molecule is CN1CCC(CC(C2CCCN(C)C2)C(CC2CCN(CC#N)CC2)C2CCCN(CC#N)C2)CC1. The van der Waals surface area contributed by atoms with E-state index in [1.807, 2.05) is 0 Å². The minimum absolute atomic E-state index is 0.592. The molecule has 4 atom stereocenters. The van der Waals surface area contributed by atoms with Crippen LogP contribution in [-0.2, 0) is 0 Å². The Morgan fingerprint density at radius 2 is 1.14 bits per heavy atom. The van der Waals surface area contributed by atoms with Crippen molar-refractivity contribution in [2.75, 3.05) is 79.5 Å². The molecular weight excluding hydrogens is 444 g/mol. The van der Waals surface area contributed by atoms with Crippen molar-refractivity contribution >= 4 is 0 Å². The zero-order valence-electron chi connectivity index (χ0n) is 23.3. The Morgan fingerprint density at radius 1 is 0.611 bits per heavy atom. The molecule has 4 heterocycles. The van der Waals surface area contributed by atoms with Crippen molar-refractivity contribution in [3.05, 3.63) is 0 Å². The summed E-state index contributed by atoms with van der Waals surface area (Å²) in [5.41, 5.74) is 0. The van der Waals surface area contributed by atoms with Crippen LogP contribution >= 0.6 is 0 Å². The third-order valence-electron chi connectivity index (χ3n) is 10.3. The van der Waals surface area contributed by atoms with Gasteiger partial charge in [0.15, 0.2) is 0 Å². The lowest BCUT2D eigenvalue weighted by molar-refractivity contribution is 0.0221. The highest BCUT2D eigenvalue weighted by atomic mass is 15.1. The molecule has 4 unspecified atom stereocenters. The Bertz CT molecular complexity index is 727. The Balaban J connectivity index is 1.53. The van der Waals surface area contributed by atoms with Gasteiger partial charge in [-0.15, -0.1) is 0 Å². The summed E-state index contributed by atoms with van der Waals surface area (Å²) in [7, 11) is 4.63. The van der Waals surface area contributed by atoms with Gasteiger partial charge in [-0.25, -0.2) is 0 Å². The first-order chi connectivity index (χ1) is 17.6. The molecule has 0 N–H and O–H groups in total. The Morgan fingerprint density at radius 3 is 1.72 bits per heavy atom. The molecule has 6 heteroatoms. The van der Waals surface area contributed by atoms with Crippen LogP contribution in [0, 0.1) is 58.2 Å². The van der Waals surface area contributed by atoms with Crippen molar-refractivity contribution in [1.82, 2.24) is 19.6 Å². The van der Waals surface area contributed by atoms with E-state index in [9.17, 15) is 5.26 Å². The largest absolute Gasteiger partial charge is 0.306 e. The summed E-state index contributed by atoms with van der Waals surface area (Å²) in [6.07, 6.45) is 13.5. The molecule has 4 saturated heterocycles. The third kappa shape index (κ3) is 7.91. The first-order valence-electron chi connectivity index (χ1n) is 15.1. The van der Waals surface area contributed by atoms with E-state index in [4.69, 9.17) is 5.26 Å². The summed E-state index contributed by atoms with van der Waals surface area (Å²) in [5, 5.41) is 18.6. The molecule has 0 radical (unpaired) electrons. The molecule has 0 amide bonds. The molecule has 4 rings (SSSR count). The molecule has 4 fully saturated rings. The van der Waals surface area contributed by atoms with Gasteiger partial charge in [-0.2, -0.15) is 10.5 Å². The highest BCUT2D eigenvalue weighted by Crippen LogP contribution is 2.45. The van der Waals surface area contributed by atoms with Crippen LogP contribution in [0.4, 0.5) is 0 Å². The van der Waals surface area contributed by atoms with Crippen molar-refractivity contribution in [3.8, 4) is 12.1 Å². The quantitative estimate of drug-likeness (QED) is 0.447. The fourth-order valence-corrected chi connectivity index (χ4v) is 8.22. The van der Waals surface area contributed by atoms with Crippen LogP contribution in [0.2, 0.25) is 0 Å². The summed E-state index contributed by atoms with van der Waals surface area (Å²) in [4.78, 5) is 9.94. The maximum atomic E-state index is 9.42. The van der Waals surface area contributed by atoms with Gasteiger partial charge < -0.3 is 9.80 Å². The number of nitriles is 2. The minimum Gasteiger partial charge on any atom is -0.306 e. The van der Waals surface area contributed by atoms with Crippen LogP contribution < -0.4 is 0 Å². The van der Waals surface area contributed by atoms with Gasteiger partial charge in [0.2, 0.25) is 0 Å². The van der Waals surface area contributed by atoms with Gasteiger partial charge in [-0.3, -0.25) is 9.80 Å². The van der Waals surface area contributed by atoms with Crippen LogP contribution in [0.25, 0.3) is 0 Å². The first-order valence-corrected chi connectivity index (χ1v) is 15.1. The van der Waals surface area contributed by atoms with Crippen LogP contribution in [0.15, 0.2) is 0 Å². The van der Waals surface area contributed by atoms with Gasteiger partial charge in [0.25, 0.3) is 0 Å². The lowest BCUT2D eigenvalue weighted by Crippen LogP contribution is -2.46. The predicted octanol–water partition coefficient (Wildman–Crippen LogP) is 4.15. The number of hydrogen-bond acceptors (Lipinski definition) is 6. The van der Waals surface area contributed by atoms with Crippen molar-refractivity contribution in [1.29, 1.82) is 10.5 Å². The van der Waals surface area contributed by atoms with Gasteiger partial charge in [0.1, 0.15) is 0 Å². The molecule has 0 aliphatic carbocycles. The van der Waals surface area contributed by atoms with Gasteiger partial charge in [-0.1, -0.05) is 0 Å². The van der Waals surface area contributed by atoms with Crippen molar-refractivity contribution in [2.24, 2.45) is 35.5 Å².